The molecule has 0 saturated carbocycles. The topological polar surface area (TPSA) is 0 Å². The van der Waals surface area contributed by atoms with E-state index >= 15 is 0 Å². The van der Waals surface area contributed by atoms with Crippen LogP contribution in [0.5, 0.6) is 0 Å². The average molecular weight is 175 g/mol. The maximum absolute atomic E-state index is 3.22. The highest BCUT2D eigenvalue weighted by Crippen LogP contribution is 2.11. The van der Waals surface area contributed by atoms with Gasteiger partial charge in [0.2, 0.25) is 0 Å². The third-order valence-electron chi connectivity index (χ3n) is 2.09. The molecule has 0 atom stereocenters. The summed E-state index contributed by atoms with van der Waals surface area (Å²) in [5.41, 5.74) is 2.86. The molecule has 13 heavy (non-hydrogen) atoms. The van der Waals surface area contributed by atoms with Gasteiger partial charge in [-0.05, 0) is 36.0 Å². The second kappa shape index (κ2) is 5.06. The van der Waals surface area contributed by atoms with Gasteiger partial charge in [0.25, 0.3) is 0 Å². The third-order valence-corrected chi connectivity index (χ3v) is 2.09. The minimum absolute atomic E-state index is 0.741. The van der Waals surface area contributed by atoms with Crippen LogP contribution in [0.25, 0.3) is 0 Å². The first-order valence-electron chi connectivity index (χ1n) is 5.21. The molecule has 0 fully saturated rings. The van der Waals surface area contributed by atoms with E-state index in [1.54, 1.807) is 0 Å². The molecule has 1 aromatic rings. The molecule has 0 aliphatic carbocycles. The zero-order valence-electron chi connectivity index (χ0n) is 8.93. The van der Waals surface area contributed by atoms with Crippen molar-refractivity contribution in [3.8, 4) is 0 Å². The Morgan fingerprint density at radius 3 is 2.54 bits per heavy atom. The van der Waals surface area contributed by atoms with Gasteiger partial charge in [-0.1, -0.05) is 45.4 Å². The molecular weight excluding hydrogens is 156 g/mol. The number of benzene rings is 1. The molecule has 0 spiro atoms. The molecular formula is C13H19. The van der Waals surface area contributed by atoms with Gasteiger partial charge < -0.3 is 0 Å². The molecule has 1 radical (unpaired) electrons. The van der Waals surface area contributed by atoms with E-state index in [9.17, 15) is 0 Å². The van der Waals surface area contributed by atoms with E-state index in [-0.39, 0.29) is 0 Å². The average Bonchev–Trinajstić information content (AvgIpc) is 2.04. The molecule has 0 saturated heterocycles. The molecule has 0 unspecified atom stereocenters. The van der Waals surface area contributed by atoms with Crippen molar-refractivity contribution < 1.29 is 0 Å². The van der Waals surface area contributed by atoms with Crippen molar-refractivity contribution >= 4 is 0 Å². The Morgan fingerprint density at radius 2 is 1.92 bits per heavy atom. The van der Waals surface area contributed by atoms with E-state index < -0.39 is 0 Å². The fourth-order valence-corrected chi connectivity index (χ4v) is 1.60. The van der Waals surface area contributed by atoms with E-state index in [0.717, 1.165) is 5.92 Å². The Balaban J connectivity index is 2.67. The number of rotatable bonds is 4. The highest BCUT2D eigenvalue weighted by atomic mass is 14.0. The lowest BCUT2D eigenvalue weighted by Gasteiger charge is -2.06. The fraction of sp³-hybridized carbons (Fsp3) is 0.538. The van der Waals surface area contributed by atoms with Crippen LogP contribution in [-0.4, -0.2) is 0 Å². The van der Waals surface area contributed by atoms with Crippen molar-refractivity contribution in [2.75, 3.05) is 0 Å². The summed E-state index contributed by atoms with van der Waals surface area (Å²) in [6.07, 6.45) is 3.58. The first-order valence-corrected chi connectivity index (χ1v) is 5.21. The summed E-state index contributed by atoms with van der Waals surface area (Å²) in [5, 5.41) is 0. The van der Waals surface area contributed by atoms with Gasteiger partial charge in [0, 0.05) is 0 Å². The standard InChI is InChI=1S/C13H19/c1-4-6-12-7-5-8-13(10-12)9-11(2)3/h7-8,10-11H,4,6,9H2,1-3H3. The van der Waals surface area contributed by atoms with E-state index in [2.05, 4.69) is 45.0 Å². The molecule has 0 aliphatic rings. The summed E-state index contributed by atoms with van der Waals surface area (Å²) < 4.78 is 0. The Kier molecular flexibility index (Phi) is 4.01. The van der Waals surface area contributed by atoms with E-state index in [0.29, 0.717) is 0 Å². The van der Waals surface area contributed by atoms with Crippen LogP contribution in [0, 0.1) is 12.0 Å². The van der Waals surface area contributed by atoms with Gasteiger partial charge in [0.15, 0.2) is 0 Å². The lowest BCUT2D eigenvalue weighted by Crippen LogP contribution is -1.95. The van der Waals surface area contributed by atoms with Crippen molar-refractivity contribution in [3.63, 3.8) is 0 Å². The Morgan fingerprint density at radius 1 is 1.23 bits per heavy atom. The van der Waals surface area contributed by atoms with Crippen LogP contribution in [0.1, 0.15) is 38.3 Å². The smallest absolute Gasteiger partial charge is 0.0178 e. The largest absolute Gasteiger partial charge is 0.0651 e. The lowest BCUT2D eigenvalue weighted by atomic mass is 10.00. The van der Waals surface area contributed by atoms with Crippen molar-refractivity contribution in [2.45, 2.75) is 40.0 Å². The van der Waals surface area contributed by atoms with Gasteiger partial charge in [-0.25, -0.2) is 0 Å². The van der Waals surface area contributed by atoms with Gasteiger partial charge in [0.05, 0.1) is 0 Å². The van der Waals surface area contributed by atoms with Crippen LogP contribution >= 0.6 is 0 Å². The second-order valence-electron chi connectivity index (χ2n) is 4.10. The molecule has 1 aromatic carbocycles. The minimum Gasteiger partial charge on any atom is -0.0651 e. The second-order valence-corrected chi connectivity index (χ2v) is 4.10. The van der Waals surface area contributed by atoms with Crippen molar-refractivity contribution in [1.29, 1.82) is 0 Å². The fourth-order valence-electron chi connectivity index (χ4n) is 1.60. The first kappa shape index (κ1) is 10.3. The van der Waals surface area contributed by atoms with Crippen LogP contribution in [0.4, 0.5) is 0 Å². The van der Waals surface area contributed by atoms with E-state index in [4.69, 9.17) is 0 Å². The first-order chi connectivity index (χ1) is 6.22. The summed E-state index contributed by atoms with van der Waals surface area (Å²) in [6.45, 7) is 6.73. The summed E-state index contributed by atoms with van der Waals surface area (Å²) in [6, 6.07) is 9.75. The molecule has 0 heteroatoms. The molecule has 0 amide bonds. The van der Waals surface area contributed by atoms with Crippen LogP contribution < -0.4 is 0 Å². The van der Waals surface area contributed by atoms with Crippen LogP contribution in [-0.2, 0) is 12.8 Å². The Hall–Kier alpha value is -0.780. The Labute approximate surface area is 82.0 Å². The van der Waals surface area contributed by atoms with Gasteiger partial charge in [0.1, 0.15) is 0 Å². The quantitative estimate of drug-likeness (QED) is 0.655. The van der Waals surface area contributed by atoms with Gasteiger partial charge in [-0.15, -0.1) is 0 Å². The molecule has 0 aromatic heterocycles. The van der Waals surface area contributed by atoms with Gasteiger partial charge >= 0.3 is 0 Å². The molecule has 71 valence electrons. The van der Waals surface area contributed by atoms with Gasteiger partial charge in [-0.2, -0.15) is 0 Å². The predicted molar refractivity (Wildman–Crippen MR) is 57.8 cm³/mol. The summed E-state index contributed by atoms with van der Waals surface area (Å²) >= 11 is 0. The Bertz CT molecular complexity index is 248. The number of aryl methyl sites for hydroxylation is 1. The van der Waals surface area contributed by atoms with Crippen LogP contribution in [0.2, 0.25) is 0 Å². The SMILES string of the molecule is CCCc1c[c]cc(CC(C)C)c1. The van der Waals surface area contributed by atoms with Crippen LogP contribution in [0.15, 0.2) is 18.2 Å². The molecule has 0 heterocycles. The van der Waals surface area contributed by atoms with Crippen molar-refractivity contribution in [3.05, 3.63) is 35.4 Å². The summed E-state index contributed by atoms with van der Waals surface area (Å²) in [7, 11) is 0. The monoisotopic (exact) mass is 175 g/mol. The van der Waals surface area contributed by atoms with Crippen molar-refractivity contribution in [1.82, 2.24) is 0 Å². The van der Waals surface area contributed by atoms with E-state index in [1.807, 2.05) is 0 Å². The van der Waals surface area contributed by atoms with E-state index in [1.165, 1.54) is 30.4 Å². The molecule has 0 aliphatic heterocycles. The summed E-state index contributed by atoms with van der Waals surface area (Å²) in [4.78, 5) is 0. The minimum atomic E-state index is 0.741. The van der Waals surface area contributed by atoms with Crippen LogP contribution in [0.3, 0.4) is 0 Å². The zero-order chi connectivity index (χ0) is 9.68. The zero-order valence-corrected chi connectivity index (χ0v) is 8.93. The molecule has 1 rings (SSSR count). The van der Waals surface area contributed by atoms with Crippen molar-refractivity contribution in [2.24, 2.45) is 5.92 Å². The highest BCUT2D eigenvalue weighted by molar-refractivity contribution is 5.23. The predicted octanol–water partition coefficient (Wildman–Crippen LogP) is 3.64. The summed E-state index contributed by atoms with van der Waals surface area (Å²) in [5.74, 6) is 0.741. The maximum atomic E-state index is 3.22. The normalized spacial score (nSPS) is 10.8. The molecule has 0 bridgehead atoms. The molecule has 0 N–H and O–H groups in total. The number of hydrogen-bond donors (Lipinski definition) is 0. The third kappa shape index (κ3) is 3.63. The lowest BCUT2D eigenvalue weighted by molar-refractivity contribution is 0.646. The number of hydrogen-bond acceptors (Lipinski definition) is 0. The highest BCUT2D eigenvalue weighted by Gasteiger charge is 1.98. The van der Waals surface area contributed by atoms with Gasteiger partial charge in [-0.3, -0.25) is 0 Å². The maximum Gasteiger partial charge on any atom is -0.0178 e. The molecule has 0 nitrogen and oxygen atoms in total.